The van der Waals surface area contributed by atoms with E-state index in [0.29, 0.717) is 30.9 Å². The molecular formula is C20H23N2O4-. The second kappa shape index (κ2) is 9.46. The number of nitrogens with zero attached hydrogens (tertiary/aromatic N) is 1. The fourth-order valence-electron chi connectivity index (χ4n) is 2.72. The van der Waals surface area contributed by atoms with Gasteiger partial charge in [0.05, 0.1) is 12.8 Å². The Labute approximate surface area is 153 Å². The number of benzene rings is 2. The summed E-state index contributed by atoms with van der Waals surface area (Å²) in [7, 11) is 1.58. The zero-order valence-electron chi connectivity index (χ0n) is 15.0. The molecule has 0 fully saturated rings. The number of aliphatic carboxylic acids is 1. The normalized spacial score (nSPS) is 10.2. The van der Waals surface area contributed by atoms with Crippen LogP contribution in [0.3, 0.4) is 0 Å². The lowest BCUT2D eigenvalue weighted by Gasteiger charge is -2.27. The van der Waals surface area contributed by atoms with Gasteiger partial charge in [-0.05, 0) is 36.6 Å². The van der Waals surface area contributed by atoms with Crippen molar-refractivity contribution in [2.24, 2.45) is 0 Å². The summed E-state index contributed by atoms with van der Waals surface area (Å²) in [5.74, 6) is -0.570. The van der Waals surface area contributed by atoms with Gasteiger partial charge in [0, 0.05) is 31.7 Å². The molecule has 0 radical (unpaired) electrons. The zero-order chi connectivity index (χ0) is 18.9. The number of carboxylic acid groups (broad SMARTS) is 1. The van der Waals surface area contributed by atoms with Crippen LogP contribution in [-0.4, -0.2) is 25.5 Å². The smallest absolute Gasteiger partial charge is 0.221 e. The van der Waals surface area contributed by atoms with Crippen molar-refractivity contribution in [2.45, 2.75) is 26.3 Å². The minimum atomic E-state index is -1.07. The first-order chi connectivity index (χ1) is 12.5. The van der Waals surface area contributed by atoms with Crippen molar-refractivity contribution in [1.82, 2.24) is 0 Å². The van der Waals surface area contributed by atoms with Crippen LogP contribution in [0.4, 0.5) is 11.4 Å². The van der Waals surface area contributed by atoms with Crippen LogP contribution in [0.2, 0.25) is 0 Å². The average Bonchev–Trinajstić information content (AvgIpc) is 2.61. The topological polar surface area (TPSA) is 81.7 Å². The number of anilines is 2. The van der Waals surface area contributed by atoms with Crippen LogP contribution < -0.4 is 20.1 Å². The van der Waals surface area contributed by atoms with Gasteiger partial charge in [-0.15, -0.1) is 0 Å². The molecular weight excluding hydrogens is 332 g/mol. The molecule has 2 aromatic rings. The van der Waals surface area contributed by atoms with E-state index in [1.165, 1.54) is 6.92 Å². The van der Waals surface area contributed by atoms with Gasteiger partial charge in [-0.25, -0.2) is 0 Å². The number of rotatable bonds is 9. The molecule has 0 heterocycles. The van der Waals surface area contributed by atoms with Gasteiger partial charge in [0.1, 0.15) is 5.75 Å². The third-order valence-corrected chi connectivity index (χ3v) is 3.87. The van der Waals surface area contributed by atoms with Crippen molar-refractivity contribution >= 4 is 23.3 Å². The molecule has 0 saturated carbocycles. The van der Waals surface area contributed by atoms with Crippen LogP contribution >= 0.6 is 0 Å². The number of hydrogen-bond donors (Lipinski definition) is 1. The molecule has 6 heteroatoms. The Balaban J connectivity index is 2.31. The number of nitrogens with one attached hydrogen (secondary N) is 1. The van der Waals surface area contributed by atoms with Gasteiger partial charge < -0.3 is 24.9 Å². The minimum absolute atomic E-state index is 0.0149. The summed E-state index contributed by atoms with van der Waals surface area (Å²) >= 11 is 0. The Hall–Kier alpha value is -3.02. The second-order valence-electron chi connectivity index (χ2n) is 5.95. The molecule has 0 spiro atoms. The fourth-order valence-corrected chi connectivity index (χ4v) is 2.72. The highest BCUT2D eigenvalue weighted by atomic mass is 16.5. The Morgan fingerprint density at radius 2 is 1.88 bits per heavy atom. The maximum Gasteiger partial charge on any atom is 0.221 e. The van der Waals surface area contributed by atoms with Gasteiger partial charge in [0.15, 0.2) is 0 Å². The standard InChI is InChI=1S/C20H24N2O4/c1-15(23)21-17-10-11-19(26-2)18(13-17)22(12-6-9-20(24)25)14-16-7-4-3-5-8-16/h3-5,7-8,10-11,13H,6,9,12,14H2,1-2H3,(H,21,23)(H,24,25)/p-1. The molecule has 0 aliphatic heterocycles. The Morgan fingerprint density at radius 3 is 2.50 bits per heavy atom. The number of carbonyl (C=O) groups excluding carboxylic acids is 2. The van der Waals surface area contributed by atoms with E-state index in [1.807, 2.05) is 41.3 Å². The molecule has 0 aromatic heterocycles. The summed E-state index contributed by atoms with van der Waals surface area (Å²) in [4.78, 5) is 24.2. The van der Waals surface area contributed by atoms with Crippen molar-refractivity contribution in [2.75, 3.05) is 23.9 Å². The van der Waals surface area contributed by atoms with E-state index in [1.54, 1.807) is 19.2 Å². The summed E-state index contributed by atoms with van der Waals surface area (Å²) in [6.07, 6.45) is 0.432. The number of carboxylic acids is 1. The quantitative estimate of drug-likeness (QED) is 0.746. The van der Waals surface area contributed by atoms with E-state index in [0.717, 1.165) is 11.3 Å². The van der Waals surface area contributed by atoms with E-state index in [2.05, 4.69) is 5.32 Å². The van der Waals surface area contributed by atoms with E-state index in [4.69, 9.17) is 4.74 Å². The highest BCUT2D eigenvalue weighted by molar-refractivity contribution is 5.89. The number of carbonyl (C=O) groups is 2. The lowest BCUT2D eigenvalue weighted by Crippen LogP contribution is -2.27. The Bertz CT molecular complexity index is 747. The maximum atomic E-state index is 11.4. The Morgan fingerprint density at radius 1 is 1.15 bits per heavy atom. The van der Waals surface area contributed by atoms with Crippen LogP contribution in [0.1, 0.15) is 25.3 Å². The molecule has 1 N–H and O–H groups in total. The first-order valence-electron chi connectivity index (χ1n) is 8.44. The molecule has 0 unspecified atom stereocenters. The molecule has 1 amide bonds. The maximum absolute atomic E-state index is 11.4. The predicted octanol–water partition coefficient (Wildman–Crippen LogP) is 2.19. The van der Waals surface area contributed by atoms with E-state index >= 15 is 0 Å². The van der Waals surface area contributed by atoms with Gasteiger partial charge in [-0.3, -0.25) is 4.79 Å². The third-order valence-electron chi connectivity index (χ3n) is 3.87. The summed E-state index contributed by atoms with van der Waals surface area (Å²) in [5.41, 5.74) is 2.54. The molecule has 0 bridgehead atoms. The molecule has 0 saturated heterocycles. The van der Waals surface area contributed by atoms with Gasteiger partial charge >= 0.3 is 0 Å². The van der Waals surface area contributed by atoms with Crippen molar-refractivity contribution < 1.29 is 19.4 Å². The number of ether oxygens (including phenoxy) is 1. The fraction of sp³-hybridized carbons (Fsp3) is 0.300. The van der Waals surface area contributed by atoms with Crippen LogP contribution in [0, 0.1) is 0 Å². The molecule has 2 aromatic carbocycles. The molecule has 2 rings (SSSR count). The van der Waals surface area contributed by atoms with Crippen molar-refractivity contribution in [1.29, 1.82) is 0 Å². The Kier molecular flexibility index (Phi) is 7.02. The lowest BCUT2D eigenvalue weighted by atomic mass is 10.1. The first kappa shape index (κ1) is 19.3. The van der Waals surface area contributed by atoms with Crippen LogP contribution in [0.25, 0.3) is 0 Å². The summed E-state index contributed by atoms with van der Waals surface area (Å²) in [6, 6.07) is 15.3. The second-order valence-corrected chi connectivity index (χ2v) is 5.95. The average molecular weight is 355 g/mol. The molecule has 0 aliphatic rings. The summed E-state index contributed by atoms with van der Waals surface area (Å²) < 4.78 is 5.47. The molecule has 138 valence electrons. The van der Waals surface area contributed by atoms with Crippen LogP contribution in [-0.2, 0) is 16.1 Å². The van der Waals surface area contributed by atoms with Crippen molar-refractivity contribution in [3.05, 3.63) is 54.1 Å². The van der Waals surface area contributed by atoms with Gasteiger partial charge in [0.2, 0.25) is 5.91 Å². The van der Waals surface area contributed by atoms with Gasteiger partial charge in [-0.2, -0.15) is 0 Å². The molecule has 0 aliphatic carbocycles. The van der Waals surface area contributed by atoms with Crippen molar-refractivity contribution in [3.63, 3.8) is 0 Å². The third kappa shape index (κ3) is 5.81. The van der Waals surface area contributed by atoms with E-state index in [9.17, 15) is 14.7 Å². The molecule has 6 nitrogen and oxygen atoms in total. The highest BCUT2D eigenvalue weighted by Gasteiger charge is 2.14. The van der Waals surface area contributed by atoms with Crippen molar-refractivity contribution in [3.8, 4) is 5.75 Å². The SMILES string of the molecule is COc1ccc(NC(C)=O)cc1N(CCCC(=O)[O-])Cc1ccccc1. The molecule has 0 atom stereocenters. The van der Waals surface area contributed by atoms with Gasteiger partial charge in [-0.1, -0.05) is 30.3 Å². The lowest BCUT2D eigenvalue weighted by molar-refractivity contribution is -0.305. The van der Waals surface area contributed by atoms with Crippen LogP contribution in [0.15, 0.2) is 48.5 Å². The summed E-state index contributed by atoms with van der Waals surface area (Å²) in [5, 5.41) is 13.5. The number of hydrogen-bond acceptors (Lipinski definition) is 5. The van der Waals surface area contributed by atoms with Crippen LogP contribution in [0.5, 0.6) is 5.75 Å². The monoisotopic (exact) mass is 355 g/mol. The highest BCUT2D eigenvalue weighted by Crippen LogP contribution is 2.32. The minimum Gasteiger partial charge on any atom is -0.550 e. The molecule has 26 heavy (non-hydrogen) atoms. The first-order valence-corrected chi connectivity index (χ1v) is 8.44. The van der Waals surface area contributed by atoms with Gasteiger partial charge in [0.25, 0.3) is 0 Å². The van der Waals surface area contributed by atoms with E-state index < -0.39 is 5.97 Å². The summed E-state index contributed by atoms with van der Waals surface area (Å²) in [6.45, 7) is 2.56. The predicted molar refractivity (Wildman–Crippen MR) is 99.0 cm³/mol. The van der Waals surface area contributed by atoms with E-state index in [-0.39, 0.29) is 12.3 Å². The number of amides is 1. The zero-order valence-corrected chi connectivity index (χ0v) is 15.0. The largest absolute Gasteiger partial charge is 0.550 e. The number of methoxy groups -OCH3 is 1.